The second kappa shape index (κ2) is 4.87. The molecule has 2 aromatic rings. The molecule has 2 rings (SSSR count). The highest BCUT2D eigenvalue weighted by atomic mass is 16.5. The third-order valence-electron chi connectivity index (χ3n) is 2.35. The van der Waals surface area contributed by atoms with Crippen LogP contribution in [0.2, 0.25) is 0 Å². The van der Waals surface area contributed by atoms with E-state index >= 15 is 0 Å². The smallest absolute Gasteiger partial charge is 0.127 e. The standard InChI is InChI=1S/C14H16N2O/c1-10(2)17-13-6-4-3-5-12(13)11-7-8-14(15)16-9-11/h3-10H,1-2H3,(H2,15,16). The lowest BCUT2D eigenvalue weighted by Gasteiger charge is -2.14. The predicted octanol–water partition coefficient (Wildman–Crippen LogP) is 3.12. The Kier molecular flexibility index (Phi) is 3.28. The van der Waals surface area contributed by atoms with E-state index in [1.807, 2.05) is 44.2 Å². The molecule has 0 spiro atoms. The molecule has 3 heteroatoms. The van der Waals surface area contributed by atoms with E-state index in [0.717, 1.165) is 16.9 Å². The number of rotatable bonds is 3. The summed E-state index contributed by atoms with van der Waals surface area (Å²) in [6.07, 6.45) is 1.91. The molecule has 3 nitrogen and oxygen atoms in total. The molecular formula is C14H16N2O. The number of ether oxygens (including phenoxy) is 1. The molecule has 2 N–H and O–H groups in total. The maximum Gasteiger partial charge on any atom is 0.127 e. The zero-order valence-corrected chi connectivity index (χ0v) is 10.1. The SMILES string of the molecule is CC(C)Oc1ccccc1-c1ccc(N)nc1. The Bertz CT molecular complexity index is 492. The number of pyridine rings is 1. The Hall–Kier alpha value is -2.03. The van der Waals surface area contributed by atoms with Gasteiger partial charge in [0, 0.05) is 17.3 Å². The van der Waals surface area contributed by atoms with Crippen molar-refractivity contribution in [2.45, 2.75) is 20.0 Å². The van der Waals surface area contributed by atoms with Gasteiger partial charge in [0.15, 0.2) is 0 Å². The lowest BCUT2D eigenvalue weighted by molar-refractivity contribution is 0.243. The number of nitrogens with zero attached hydrogens (tertiary/aromatic N) is 1. The van der Waals surface area contributed by atoms with Gasteiger partial charge < -0.3 is 10.5 Å². The van der Waals surface area contributed by atoms with Crippen molar-refractivity contribution in [2.75, 3.05) is 5.73 Å². The lowest BCUT2D eigenvalue weighted by Crippen LogP contribution is -2.06. The van der Waals surface area contributed by atoms with Crippen LogP contribution in [0.4, 0.5) is 5.82 Å². The average molecular weight is 228 g/mol. The van der Waals surface area contributed by atoms with Crippen LogP contribution in [0.25, 0.3) is 11.1 Å². The first kappa shape index (κ1) is 11.5. The molecule has 0 bridgehead atoms. The van der Waals surface area contributed by atoms with Crippen LogP contribution in [0.1, 0.15) is 13.8 Å². The first-order chi connectivity index (χ1) is 8.16. The van der Waals surface area contributed by atoms with E-state index < -0.39 is 0 Å². The van der Waals surface area contributed by atoms with E-state index in [2.05, 4.69) is 4.98 Å². The maximum atomic E-state index is 5.77. The van der Waals surface area contributed by atoms with E-state index in [9.17, 15) is 0 Å². The maximum absolute atomic E-state index is 5.77. The summed E-state index contributed by atoms with van der Waals surface area (Å²) < 4.78 is 5.77. The van der Waals surface area contributed by atoms with Crippen LogP contribution in [0.5, 0.6) is 5.75 Å². The topological polar surface area (TPSA) is 48.1 Å². The van der Waals surface area contributed by atoms with Gasteiger partial charge in [-0.2, -0.15) is 0 Å². The summed E-state index contributed by atoms with van der Waals surface area (Å²) in [7, 11) is 0. The first-order valence-corrected chi connectivity index (χ1v) is 5.64. The quantitative estimate of drug-likeness (QED) is 0.878. The summed E-state index contributed by atoms with van der Waals surface area (Å²) >= 11 is 0. The van der Waals surface area contributed by atoms with Gasteiger partial charge in [0.2, 0.25) is 0 Å². The molecule has 0 amide bonds. The van der Waals surface area contributed by atoms with Gasteiger partial charge in [0.05, 0.1) is 6.10 Å². The summed E-state index contributed by atoms with van der Waals surface area (Å²) in [6.45, 7) is 4.02. The van der Waals surface area contributed by atoms with Crippen LogP contribution in [0.15, 0.2) is 42.6 Å². The molecule has 0 saturated carbocycles. The monoisotopic (exact) mass is 228 g/mol. The van der Waals surface area contributed by atoms with Crippen molar-refractivity contribution in [1.29, 1.82) is 0 Å². The van der Waals surface area contributed by atoms with Gasteiger partial charge in [-0.1, -0.05) is 18.2 Å². The zero-order chi connectivity index (χ0) is 12.3. The van der Waals surface area contributed by atoms with Gasteiger partial charge in [-0.15, -0.1) is 0 Å². The molecule has 0 radical (unpaired) electrons. The Morgan fingerprint density at radius 1 is 1.12 bits per heavy atom. The summed E-state index contributed by atoms with van der Waals surface area (Å²) in [5.74, 6) is 1.39. The molecule has 0 fully saturated rings. The van der Waals surface area contributed by atoms with Gasteiger partial charge in [0.25, 0.3) is 0 Å². The Morgan fingerprint density at radius 2 is 1.88 bits per heavy atom. The zero-order valence-electron chi connectivity index (χ0n) is 10.1. The van der Waals surface area contributed by atoms with Crippen LogP contribution in [0, 0.1) is 0 Å². The Balaban J connectivity index is 2.40. The van der Waals surface area contributed by atoms with Crippen LogP contribution < -0.4 is 10.5 Å². The summed E-state index contributed by atoms with van der Waals surface area (Å²) in [5.41, 5.74) is 7.63. The summed E-state index contributed by atoms with van der Waals surface area (Å²) in [6, 6.07) is 11.7. The van der Waals surface area contributed by atoms with E-state index in [0.29, 0.717) is 5.82 Å². The molecule has 0 aliphatic rings. The molecule has 0 aliphatic carbocycles. The second-order valence-electron chi connectivity index (χ2n) is 4.13. The van der Waals surface area contributed by atoms with Crippen LogP contribution in [0.3, 0.4) is 0 Å². The number of nitrogen functional groups attached to an aromatic ring is 1. The van der Waals surface area contributed by atoms with Crippen LogP contribution >= 0.6 is 0 Å². The minimum absolute atomic E-state index is 0.151. The van der Waals surface area contributed by atoms with Crippen molar-refractivity contribution < 1.29 is 4.74 Å². The highest BCUT2D eigenvalue weighted by Crippen LogP contribution is 2.30. The Morgan fingerprint density at radius 3 is 2.53 bits per heavy atom. The minimum atomic E-state index is 0.151. The number of aromatic nitrogens is 1. The largest absolute Gasteiger partial charge is 0.490 e. The number of hydrogen-bond donors (Lipinski definition) is 1. The fraction of sp³-hybridized carbons (Fsp3) is 0.214. The molecule has 1 heterocycles. The van der Waals surface area contributed by atoms with Crippen molar-refractivity contribution in [3.05, 3.63) is 42.6 Å². The fourth-order valence-electron chi connectivity index (χ4n) is 1.63. The molecule has 0 unspecified atom stereocenters. The minimum Gasteiger partial charge on any atom is -0.490 e. The molecule has 0 atom stereocenters. The highest BCUT2D eigenvalue weighted by Gasteiger charge is 2.07. The number of benzene rings is 1. The first-order valence-electron chi connectivity index (χ1n) is 5.64. The number of hydrogen-bond acceptors (Lipinski definition) is 3. The molecule has 0 aliphatic heterocycles. The van der Waals surface area contributed by atoms with Crippen molar-refractivity contribution in [1.82, 2.24) is 4.98 Å². The van der Waals surface area contributed by atoms with E-state index in [4.69, 9.17) is 10.5 Å². The summed E-state index contributed by atoms with van der Waals surface area (Å²) in [4.78, 5) is 4.10. The van der Waals surface area contributed by atoms with Gasteiger partial charge in [-0.05, 0) is 32.0 Å². The summed E-state index contributed by atoms with van der Waals surface area (Å²) in [5, 5.41) is 0. The molecule has 17 heavy (non-hydrogen) atoms. The van der Waals surface area contributed by atoms with E-state index in [1.54, 1.807) is 12.3 Å². The normalized spacial score (nSPS) is 10.5. The number of para-hydroxylation sites is 1. The number of nitrogens with two attached hydrogens (primary N) is 1. The van der Waals surface area contributed by atoms with E-state index in [-0.39, 0.29) is 6.10 Å². The predicted molar refractivity (Wildman–Crippen MR) is 69.8 cm³/mol. The number of anilines is 1. The van der Waals surface area contributed by atoms with Gasteiger partial charge >= 0.3 is 0 Å². The van der Waals surface area contributed by atoms with Crippen LogP contribution in [-0.4, -0.2) is 11.1 Å². The third kappa shape index (κ3) is 2.75. The van der Waals surface area contributed by atoms with Crippen LogP contribution in [-0.2, 0) is 0 Å². The van der Waals surface area contributed by atoms with Crippen molar-refractivity contribution >= 4 is 5.82 Å². The Labute approximate surface area is 101 Å². The molecule has 88 valence electrons. The van der Waals surface area contributed by atoms with Crippen molar-refractivity contribution in [2.24, 2.45) is 0 Å². The van der Waals surface area contributed by atoms with Gasteiger partial charge in [0.1, 0.15) is 11.6 Å². The van der Waals surface area contributed by atoms with Gasteiger partial charge in [-0.3, -0.25) is 0 Å². The van der Waals surface area contributed by atoms with Gasteiger partial charge in [-0.25, -0.2) is 4.98 Å². The van der Waals surface area contributed by atoms with Crippen molar-refractivity contribution in [3.63, 3.8) is 0 Å². The molecular weight excluding hydrogens is 212 g/mol. The molecule has 0 saturated heterocycles. The lowest BCUT2D eigenvalue weighted by atomic mass is 10.1. The highest BCUT2D eigenvalue weighted by molar-refractivity contribution is 5.70. The van der Waals surface area contributed by atoms with Crippen molar-refractivity contribution in [3.8, 4) is 16.9 Å². The fourth-order valence-corrected chi connectivity index (χ4v) is 1.63. The van der Waals surface area contributed by atoms with E-state index in [1.165, 1.54) is 0 Å². The third-order valence-corrected chi connectivity index (χ3v) is 2.35. The second-order valence-corrected chi connectivity index (χ2v) is 4.13. The molecule has 1 aromatic heterocycles. The average Bonchev–Trinajstić information content (AvgIpc) is 2.30. The molecule has 1 aromatic carbocycles.